The Balaban J connectivity index is 1.72. The summed E-state index contributed by atoms with van der Waals surface area (Å²) in [4.78, 5) is 26.6. The van der Waals surface area contributed by atoms with Crippen molar-refractivity contribution in [2.75, 3.05) is 0 Å². The van der Waals surface area contributed by atoms with Crippen molar-refractivity contribution in [3.8, 4) is 5.69 Å². The van der Waals surface area contributed by atoms with Gasteiger partial charge < -0.3 is 4.98 Å². The summed E-state index contributed by atoms with van der Waals surface area (Å²) in [6, 6.07) is 8.84. The average molecular weight is 328 g/mol. The first-order chi connectivity index (χ1) is 11.6. The van der Waals surface area contributed by atoms with Gasteiger partial charge >= 0.3 is 0 Å². The topological polar surface area (TPSA) is 105 Å². The lowest BCUT2D eigenvalue weighted by Crippen LogP contribution is -2.42. The van der Waals surface area contributed by atoms with Crippen LogP contribution in [0.2, 0.25) is 0 Å². The third-order valence-electron chi connectivity index (χ3n) is 3.31. The number of hydrazine groups is 1. The normalized spacial score (nSPS) is 10.4. The number of nitrogens with one attached hydrogen (secondary N) is 3. The number of halogens is 1. The number of benzene rings is 1. The van der Waals surface area contributed by atoms with Crippen LogP contribution in [0.15, 0.2) is 42.6 Å². The Bertz CT molecular complexity index is 870. The van der Waals surface area contributed by atoms with Crippen molar-refractivity contribution in [3.63, 3.8) is 0 Å². The fraction of sp³-hybridized carbons (Fsp3) is 0.0667. The number of carbonyl (C=O) groups excluding carboxylic acids is 2. The molecule has 3 rings (SSSR count). The highest BCUT2D eigenvalue weighted by Gasteiger charge is 2.18. The molecule has 0 atom stereocenters. The largest absolute Gasteiger partial charge is 0.357 e. The predicted molar refractivity (Wildman–Crippen MR) is 81.8 cm³/mol. The average Bonchev–Trinajstić information content (AvgIpc) is 3.23. The van der Waals surface area contributed by atoms with Gasteiger partial charge in [-0.2, -0.15) is 0 Å². The number of hydrogen-bond donors (Lipinski definition) is 3. The van der Waals surface area contributed by atoms with Gasteiger partial charge in [-0.1, -0.05) is 5.21 Å². The van der Waals surface area contributed by atoms with E-state index in [-0.39, 0.29) is 11.5 Å². The van der Waals surface area contributed by atoms with Gasteiger partial charge in [0, 0.05) is 6.20 Å². The summed E-state index contributed by atoms with van der Waals surface area (Å²) in [6.07, 6.45) is 1.59. The second kappa shape index (κ2) is 6.32. The van der Waals surface area contributed by atoms with Crippen LogP contribution < -0.4 is 10.9 Å². The lowest BCUT2D eigenvalue weighted by Gasteiger charge is -2.06. The Morgan fingerprint density at radius 1 is 1.12 bits per heavy atom. The molecular formula is C15H13FN6O2. The third-order valence-corrected chi connectivity index (χ3v) is 3.31. The molecule has 0 saturated heterocycles. The van der Waals surface area contributed by atoms with Crippen LogP contribution in [0.4, 0.5) is 4.39 Å². The molecule has 2 heterocycles. The van der Waals surface area contributed by atoms with E-state index in [0.717, 1.165) is 0 Å². The van der Waals surface area contributed by atoms with E-state index >= 15 is 0 Å². The maximum absolute atomic E-state index is 13.0. The van der Waals surface area contributed by atoms with Crippen LogP contribution in [-0.4, -0.2) is 31.8 Å². The van der Waals surface area contributed by atoms with Crippen molar-refractivity contribution in [1.29, 1.82) is 0 Å². The van der Waals surface area contributed by atoms with Gasteiger partial charge in [-0.05, 0) is 43.3 Å². The van der Waals surface area contributed by atoms with Crippen molar-refractivity contribution in [2.45, 2.75) is 6.92 Å². The first-order valence-corrected chi connectivity index (χ1v) is 6.98. The molecule has 122 valence electrons. The number of nitrogens with zero attached hydrogens (tertiary/aromatic N) is 3. The fourth-order valence-electron chi connectivity index (χ4n) is 2.08. The molecule has 1 aromatic carbocycles. The zero-order chi connectivity index (χ0) is 17.1. The minimum absolute atomic E-state index is 0.0473. The van der Waals surface area contributed by atoms with Crippen LogP contribution in [0.25, 0.3) is 5.69 Å². The maximum Gasteiger partial charge on any atom is 0.292 e. The zero-order valence-electron chi connectivity index (χ0n) is 12.6. The Hall–Kier alpha value is -3.49. The predicted octanol–water partition coefficient (Wildman–Crippen LogP) is 1.12. The molecule has 0 bridgehead atoms. The molecule has 3 N–H and O–H groups in total. The van der Waals surface area contributed by atoms with Gasteiger partial charge in [-0.3, -0.25) is 20.4 Å². The Labute approximate surface area is 135 Å². The van der Waals surface area contributed by atoms with E-state index in [1.165, 1.54) is 28.9 Å². The molecule has 3 aromatic rings. The molecule has 0 aliphatic heterocycles. The highest BCUT2D eigenvalue weighted by molar-refractivity contribution is 5.97. The molecule has 8 nitrogen and oxygen atoms in total. The number of hydrogen-bond acceptors (Lipinski definition) is 4. The summed E-state index contributed by atoms with van der Waals surface area (Å²) in [5.41, 5.74) is 5.91. The molecule has 0 aliphatic carbocycles. The van der Waals surface area contributed by atoms with Crippen LogP contribution in [0, 0.1) is 12.7 Å². The highest BCUT2D eigenvalue weighted by atomic mass is 19.1. The van der Waals surface area contributed by atoms with E-state index < -0.39 is 11.8 Å². The SMILES string of the molecule is Cc1c(C(=O)NNC(=O)c2ccc[nH]2)nnn1-c1ccc(F)cc1. The molecule has 2 amide bonds. The van der Waals surface area contributed by atoms with Gasteiger partial charge in [0.05, 0.1) is 11.4 Å². The van der Waals surface area contributed by atoms with Gasteiger partial charge in [0.25, 0.3) is 11.8 Å². The van der Waals surface area contributed by atoms with E-state index in [4.69, 9.17) is 0 Å². The second-order valence-corrected chi connectivity index (χ2v) is 4.90. The van der Waals surface area contributed by atoms with E-state index in [9.17, 15) is 14.0 Å². The van der Waals surface area contributed by atoms with Gasteiger partial charge in [0.15, 0.2) is 5.69 Å². The summed E-state index contributed by atoms with van der Waals surface area (Å²) in [7, 11) is 0. The Morgan fingerprint density at radius 3 is 2.50 bits per heavy atom. The van der Waals surface area contributed by atoms with Crippen molar-refractivity contribution >= 4 is 11.8 Å². The Kier molecular flexibility index (Phi) is 4.06. The van der Waals surface area contributed by atoms with Crippen molar-refractivity contribution in [3.05, 3.63) is 65.5 Å². The van der Waals surface area contributed by atoms with Gasteiger partial charge in [0.1, 0.15) is 11.5 Å². The number of H-pyrrole nitrogens is 1. The summed E-state index contributed by atoms with van der Waals surface area (Å²) in [5.74, 6) is -1.47. The number of carbonyl (C=O) groups is 2. The van der Waals surface area contributed by atoms with E-state index in [1.54, 1.807) is 25.3 Å². The fourth-order valence-corrected chi connectivity index (χ4v) is 2.08. The summed E-state index contributed by atoms with van der Waals surface area (Å²) < 4.78 is 14.4. The minimum atomic E-state index is -0.610. The first-order valence-electron chi connectivity index (χ1n) is 6.98. The molecule has 0 spiro atoms. The standard InChI is InChI=1S/C15H13FN6O2/c1-9-13(15(24)20-19-14(23)12-3-2-8-17-12)18-21-22(9)11-6-4-10(16)5-7-11/h2-8,17H,1H3,(H,19,23)(H,20,24). The van der Waals surface area contributed by atoms with Gasteiger partial charge in [-0.25, -0.2) is 9.07 Å². The van der Waals surface area contributed by atoms with Crippen LogP contribution in [0.1, 0.15) is 26.7 Å². The van der Waals surface area contributed by atoms with E-state index in [0.29, 0.717) is 17.1 Å². The highest BCUT2D eigenvalue weighted by Crippen LogP contribution is 2.12. The molecule has 0 aliphatic rings. The molecule has 24 heavy (non-hydrogen) atoms. The van der Waals surface area contributed by atoms with Crippen LogP contribution in [0.5, 0.6) is 0 Å². The molecular weight excluding hydrogens is 315 g/mol. The van der Waals surface area contributed by atoms with Crippen molar-refractivity contribution < 1.29 is 14.0 Å². The summed E-state index contributed by atoms with van der Waals surface area (Å²) >= 11 is 0. The number of rotatable bonds is 3. The summed E-state index contributed by atoms with van der Waals surface area (Å²) in [5, 5.41) is 7.68. The van der Waals surface area contributed by atoms with Crippen molar-refractivity contribution in [1.82, 2.24) is 30.8 Å². The van der Waals surface area contributed by atoms with Gasteiger partial charge in [0.2, 0.25) is 0 Å². The monoisotopic (exact) mass is 328 g/mol. The van der Waals surface area contributed by atoms with Crippen LogP contribution in [-0.2, 0) is 0 Å². The quantitative estimate of drug-likeness (QED) is 0.627. The first kappa shape index (κ1) is 15.4. The minimum Gasteiger partial charge on any atom is -0.357 e. The smallest absolute Gasteiger partial charge is 0.292 e. The third kappa shape index (κ3) is 3.00. The molecule has 0 unspecified atom stereocenters. The van der Waals surface area contributed by atoms with E-state index in [1.807, 2.05) is 0 Å². The second-order valence-electron chi connectivity index (χ2n) is 4.90. The molecule has 0 radical (unpaired) electrons. The zero-order valence-corrected chi connectivity index (χ0v) is 12.6. The van der Waals surface area contributed by atoms with Crippen molar-refractivity contribution in [2.24, 2.45) is 0 Å². The lowest BCUT2D eigenvalue weighted by atomic mass is 10.3. The summed E-state index contributed by atoms with van der Waals surface area (Å²) in [6.45, 7) is 1.64. The molecule has 0 fully saturated rings. The van der Waals surface area contributed by atoms with Crippen LogP contribution in [0.3, 0.4) is 0 Å². The van der Waals surface area contributed by atoms with Crippen LogP contribution >= 0.6 is 0 Å². The number of aromatic nitrogens is 4. The molecule has 0 saturated carbocycles. The number of amides is 2. The number of aromatic amines is 1. The Morgan fingerprint density at radius 2 is 1.83 bits per heavy atom. The van der Waals surface area contributed by atoms with E-state index in [2.05, 4.69) is 26.1 Å². The van der Waals surface area contributed by atoms with Gasteiger partial charge in [-0.15, -0.1) is 5.10 Å². The lowest BCUT2D eigenvalue weighted by molar-refractivity contribution is 0.0841. The maximum atomic E-state index is 13.0. The molecule has 9 heteroatoms. The molecule has 2 aromatic heterocycles.